The minimum Gasteiger partial charge on any atom is -0.456 e. The van der Waals surface area contributed by atoms with E-state index in [1.807, 2.05) is 27.7 Å². The van der Waals surface area contributed by atoms with E-state index < -0.39 is 24.0 Å². The lowest BCUT2D eigenvalue weighted by molar-refractivity contribution is 0.00578. The number of halogens is 2. The maximum absolute atomic E-state index is 14.8. The second-order valence-corrected chi connectivity index (χ2v) is 7.29. The second-order valence-electron chi connectivity index (χ2n) is 6.85. The molecular weight excluding hydrogens is 317 g/mol. The Labute approximate surface area is 140 Å². The fraction of sp³-hybridized carbons (Fsp3) is 0.412. The van der Waals surface area contributed by atoms with Crippen LogP contribution in [0.25, 0.3) is 16.5 Å². The van der Waals surface area contributed by atoms with Gasteiger partial charge in [0.1, 0.15) is 17.1 Å². The third-order valence-corrected chi connectivity index (χ3v) is 4.90. The number of allylic oxidation sites excluding steroid dienone is 1. The zero-order valence-electron chi connectivity index (χ0n) is 13.9. The summed E-state index contributed by atoms with van der Waals surface area (Å²) in [6, 6.07) is 7.05. The van der Waals surface area contributed by atoms with Crippen LogP contribution >= 0.6 is 11.6 Å². The highest BCUT2D eigenvalue weighted by Gasteiger charge is 2.53. The molecule has 122 valence electrons. The molecule has 1 aromatic heterocycles. The van der Waals surface area contributed by atoms with Gasteiger partial charge in [-0.1, -0.05) is 11.6 Å². The molecule has 0 N–H and O–H groups in total. The lowest BCUT2D eigenvalue weighted by Crippen LogP contribution is -2.41. The molecule has 0 bridgehead atoms. The van der Waals surface area contributed by atoms with E-state index in [-0.39, 0.29) is 0 Å². The van der Waals surface area contributed by atoms with Crippen molar-refractivity contribution in [2.24, 2.45) is 0 Å². The number of fused-ring (bicyclic) bond motifs is 1. The zero-order chi connectivity index (χ0) is 17.0. The third kappa shape index (κ3) is 2.82. The van der Waals surface area contributed by atoms with Crippen LogP contribution < -0.4 is 0 Å². The van der Waals surface area contributed by atoms with Gasteiger partial charge in [0.15, 0.2) is 0 Å². The Morgan fingerprint density at radius 3 is 2.30 bits per heavy atom. The average Bonchev–Trinajstić information content (AvgIpc) is 2.95. The van der Waals surface area contributed by atoms with E-state index in [0.29, 0.717) is 21.9 Å². The van der Waals surface area contributed by atoms with E-state index >= 15 is 0 Å². The predicted molar refractivity (Wildman–Crippen MR) is 91.0 cm³/mol. The van der Waals surface area contributed by atoms with Crippen molar-refractivity contribution in [3.8, 4) is 0 Å². The summed E-state index contributed by atoms with van der Waals surface area (Å²) in [5, 5.41) is 1.44. The minimum atomic E-state index is -1.03. The largest absolute Gasteiger partial charge is 0.525 e. The normalized spacial score (nSPS) is 20.9. The van der Waals surface area contributed by atoms with Crippen molar-refractivity contribution in [2.75, 3.05) is 0 Å². The molecular formula is C17H19BClFO3. The van der Waals surface area contributed by atoms with Gasteiger partial charge >= 0.3 is 7.12 Å². The molecule has 0 unspecified atom stereocenters. The first kappa shape index (κ1) is 16.6. The fourth-order valence-electron chi connectivity index (χ4n) is 2.44. The first-order valence-corrected chi connectivity index (χ1v) is 7.90. The van der Waals surface area contributed by atoms with Gasteiger partial charge in [0.05, 0.1) is 11.2 Å². The van der Waals surface area contributed by atoms with E-state index in [9.17, 15) is 4.39 Å². The van der Waals surface area contributed by atoms with Crippen molar-refractivity contribution in [3.63, 3.8) is 0 Å². The van der Waals surface area contributed by atoms with Crippen molar-refractivity contribution in [3.05, 3.63) is 40.8 Å². The molecule has 2 heterocycles. The van der Waals surface area contributed by atoms with Crippen molar-refractivity contribution in [2.45, 2.75) is 45.8 Å². The summed E-state index contributed by atoms with van der Waals surface area (Å²) < 4.78 is 32.0. The Hall–Kier alpha value is -1.30. The van der Waals surface area contributed by atoms with Gasteiger partial charge in [-0.15, -0.1) is 0 Å². The molecule has 3 nitrogen and oxygen atoms in total. The standard InChI is InChI=1S/C17H19BClFO3/c1-10(14-9-11-8-12(19)6-7-13(11)21-14)15(20)18-22-16(2,3)17(4,5)23-18/h6-9H,1-5H3. The lowest BCUT2D eigenvalue weighted by atomic mass is 9.84. The molecule has 0 radical (unpaired) electrons. The van der Waals surface area contributed by atoms with E-state index in [4.69, 9.17) is 25.3 Å². The van der Waals surface area contributed by atoms with E-state index in [1.165, 1.54) is 0 Å². The van der Waals surface area contributed by atoms with Crippen LogP contribution in [0, 0.1) is 0 Å². The highest BCUT2D eigenvalue weighted by molar-refractivity contribution is 6.55. The number of benzene rings is 1. The maximum atomic E-state index is 14.8. The number of rotatable bonds is 2. The lowest BCUT2D eigenvalue weighted by Gasteiger charge is -2.32. The van der Waals surface area contributed by atoms with Crippen molar-refractivity contribution in [1.29, 1.82) is 0 Å². The highest BCUT2D eigenvalue weighted by atomic mass is 35.5. The van der Waals surface area contributed by atoms with Gasteiger partial charge in [-0.25, -0.2) is 4.39 Å². The van der Waals surface area contributed by atoms with Crippen LogP contribution in [0.3, 0.4) is 0 Å². The minimum absolute atomic E-state index is 0.357. The van der Waals surface area contributed by atoms with E-state index in [1.54, 1.807) is 31.2 Å². The summed E-state index contributed by atoms with van der Waals surface area (Å²) in [6.45, 7) is 9.20. The third-order valence-electron chi connectivity index (χ3n) is 4.67. The van der Waals surface area contributed by atoms with Crippen LogP contribution in [-0.4, -0.2) is 18.3 Å². The molecule has 6 heteroatoms. The molecule has 23 heavy (non-hydrogen) atoms. The quantitative estimate of drug-likeness (QED) is 0.686. The maximum Gasteiger partial charge on any atom is 0.525 e. The van der Waals surface area contributed by atoms with Crippen LogP contribution in [0.15, 0.2) is 34.4 Å². The fourth-order valence-corrected chi connectivity index (χ4v) is 2.62. The summed E-state index contributed by atoms with van der Waals surface area (Å²) in [5.41, 5.74) is -0.636. The monoisotopic (exact) mass is 336 g/mol. The van der Waals surface area contributed by atoms with E-state index in [0.717, 1.165) is 5.39 Å². The smallest absolute Gasteiger partial charge is 0.456 e. The van der Waals surface area contributed by atoms with Crippen LogP contribution in [0.5, 0.6) is 0 Å². The molecule has 1 aromatic carbocycles. The Bertz CT molecular complexity index is 778. The summed E-state index contributed by atoms with van der Waals surface area (Å²) in [6.07, 6.45) is 0. The molecule has 1 aliphatic rings. The SMILES string of the molecule is CC(=C(F)B1OC(C)(C)C(C)(C)O1)c1cc2cc(Cl)ccc2o1. The molecule has 1 saturated heterocycles. The van der Waals surface area contributed by atoms with E-state index in [2.05, 4.69) is 0 Å². The van der Waals surface area contributed by atoms with Gasteiger partial charge < -0.3 is 13.7 Å². The Morgan fingerprint density at radius 1 is 1.09 bits per heavy atom. The van der Waals surface area contributed by atoms with Crippen molar-refractivity contribution >= 4 is 35.3 Å². The van der Waals surface area contributed by atoms with Crippen LogP contribution in [0.4, 0.5) is 4.39 Å². The van der Waals surface area contributed by atoms with Gasteiger partial charge in [-0.3, -0.25) is 0 Å². The molecule has 0 saturated carbocycles. The summed E-state index contributed by atoms with van der Waals surface area (Å²) >= 11 is 5.97. The molecule has 0 amide bonds. The van der Waals surface area contributed by atoms with Gasteiger partial charge in [0.2, 0.25) is 0 Å². The van der Waals surface area contributed by atoms with Gasteiger partial charge in [0.25, 0.3) is 0 Å². The van der Waals surface area contributed by atoms with Crippen LogP contribution in [0.1, 0.15) is 40.4 Å². The molecule has 0 spiro atoms. The van der Waals surface area contributed by atoms with Crippen LogP contribution in [-0.2, 0) is 9.31 Å². The predicted octanol–water partition coefficient (Wildman–Crippen LogP) is 5.42. The molecule has 0 aliphatic carbocycles. The molecule has 2 aromatic rings. The first-order chi connectivity index (χ1) is 10.6. The van der Waals surface area contributed by atoms with Gasteiger partial charge in [-0.2, -0.15) is 0 Å². The van der Waals surface area contributed by atoms with Gasteiger partial charge in [0, 0.05) is 16.0 Å². The second kappa shape index (κ2) is 5.37. The summed E-state index contributed by atoms with van der Waals surface area (Å²) in [7, 11) is -1.03. The van der Waals surface area contributed by atoms with Crippen LogP contribution in [0.2, 0.25) is 5.02 Å². The van der Waals surface area contributed by atoms with Gasteiger partial charge in [-0.05, 0) is 58.9 Å². The Morgan fingerprint density at radius 2 is 1.70 bits per heavy atom. The molecule has 0 atom stereocenters. The molecule has 1 fully saturated rings. The number of furan rings is 1. The molecule has 1 aliphatic heterocycles. The van der Waals surface area contributed by atoms with Crippen molar-refractivity contribution < 1.29 is 18.1 Å². The number of hydrogen-bond acceptors (Lipinski definition) is 3. The number of hydrogen-bond donors (Lipinski definition) is 0. The molecule has 3 rings (SSSR count). The highest BCUT2D eigenvalue weighted by Crippen LogP contribution is 2.40. The Balaban J connectivity index is 1.96. The zero-order valence-corrected chi connectivity index (χ0v) is 14.6. The summed E-state index contributed by atoms with van der Waals surface area (Å²) in [5.74, 6) is 0.439. The topological polar surface area (TPSA) is 31.6 Å². The average molecular weight is 337 g/mol. The Kier molecular flexibility index (Phi) is 3.86. The van der Waals surface area contributed by atoms with Crippen molar-refractivity contribution in [1.82, 2.24) is 0 Å². The summed E-state index contributed by atoms with van der Waals surface area (Å²) in [4.78, 5) is 0. The first-order valence-electron chi connectivity index (χ1n) is 7.52.